The molecule has 16 heavy (non-hydrogen) atoms. The highest BCUT2D eigenvalue weighted by atomic mass is 19.1. The molecule has 4 heteroatoms. The molecular formula is C12H13FN2O. The Balaban J connectivity index is 2.63. The number of fused-ring (bicyclic) bond motifs is 1. The summed E-state index contributed by atoms with van der Waals surface area (Å²) in [5.41, 5.74) is 6.07. The quantitative estimate of drug-likeness (QED) is 0.768. The molecule has 2 rings (SSSR count). The molecule has 0 fully saturated rings. The molecule has 1 atom stereocenters. The SMILES string of the molecule is C=CC[C@]1(N)C(=O)N(C)c2ccc(F)cc21. The van der Waals surface area contributed by atoms with E-state index in [-0.39, 0.29) is 11.7 Å². The van der Waals surface area contributed by atoms with Gasteiger partial charge in [-0.1, -0.05) is 6.08 Å². The Bertz CT molecular complexity index is 472. The van der Waals surface area contributed by atoms with E-state index in [0.717, 1.165) is 0 Å². The van der Waals surface area contributed by atoms with Crippen LogP contribution in [-0.2, 0) is 10.3 Å². The second-order valence-corrected chi connectivity index (χ2v) is 3.99. The van der Waals surface area contributed by atoms with Gasteiger partial charge >= 0.3 is 0 Å². The van der Waals surface area contributed by atoms with E-state index in [9.17, 15) is 9.18 Å². The maximum absolute atomic E-state index is 13.2. The van der Waals surface area contributed by atoms with Crippen LogP contribution in [-0.4, -0.2) is 13.0 Å². The lowest BCUT2D eigenvalue weighted by atomic mass is 9.89. The summed E-state index contributed by atoms with van der Waals surface area (Å²) in [6, 6.07) is 4.21. The van der Waals surface area contributed by atoms with Gasteiger partial charge in [0, 0.05) is 18.3 Å². The lowest BCUT2D eigenvalue weighted by Crippen LogP contribution is -2.45. The first-order valence-electron chi connectivity index (χ1n) is 4.98. The molecule has 0 aliphatic carbocycles. The lowest BCUT2D eigenvalue weighted by molar-refractivity contribution is -0.122. The predicted octanol–water partition coefficient (Wildman–Crippen LogP) is 1.53. The molecule has 0 saturated heterocycles. The number of nitrogens with zero attached hydrogens (tertiary/aromatic N) is 1. The monoisotopic (exact) mass is 220 g/mol. The third-order valence-electron chi connectivity index (χ3n) is 2.95. The minimum atomic E-state index is -1.17. The highest BCUT2D eigenvalue weighted by Gasteiger charge is 2.45. The largest absolute Gasteiger partial charge is 0.313 e. The molecule has 0 spiro atoms. The number of carbonyl (C=O) groups excluding carboxylic acids is 1. The first kappa shape index (κ1) is 10.8. The third-order valence-corrected chi connectivity index (χ3v) is 2.95. The smallest absolute Gasteiger partial charge is 0.251 e. The number of halogens is 1. The number of likely N-dealkylation sites (N-methyl/N-ethyl adjacent to an activating group) is 1. The van der Waals surface area contributed by atoms with Crippen LogP contribution in [0.1, 0.15) is 12.0 Å². The Morgan fingerprint density at radius 3 is 2.94 bits per heavy atom. The zero-order valence-electron chi connectivity index (χ0n) is 9.03. The van der Waals surface area contributed by atoms with Gasteiger partial charge in [0.25, 0.3) is 5.91 Å². The van der Waals surface area contributed by atoms with Crippen LogP contribution in [0.3, 0.4) is 0 Å². The topological polar surface area (TPSA) is 46.3 Å². The summed E-state index contributed by atoms with van der Waals surface area (Å²) in [6.07, 6.45) is 1.87. The number of nitrogens with two attached hydrogens (primary N) is 1. The van der Waals surface area contributed by atoms with Gasteiger partial charge in [-0.15, -0.1) is 6.58 Å². The van der Waals surface area contributed by atoms with E-state index < -0.39 is 5.54 Å². The molecule has 3 nitrogen and oxygen atoms in total. The average molecular weight is 220 g/mol. The predicted molar refractivity (Wildman–Crippen MR) is 60.5 cm³/mol. The normalized spacial score (nSPS) is 23.4. The van der Waals surface area contributed by atoms with Crippen molar-refractivity contribution in [3.05, 3.63) is 42.2 Å². The van der Waals surface area contributed by atoms with Crippen molar-refractivity contribution < 1.29 is 9.18 Å². The van der Waals surface area contributed by atoms with Crippen LogP contribution in [0.15, 0.2) is 30.9 Å². The molecule has 0 unspecified atom stereocenters. The van der Waals surface area contributed by atoms with Gasteiger partial charge in [0.15, 0.2) is 0 Å². The molecule has 0 saturated carbocycles. The lowest BCUT2D eigenvalue weighted by Gasteiger charge is -2.21. The molecule has 1 aromatic rings. The zero-order chi connectivity index (χ0) is 11.9. The van der Waals surface area contributed by atoms with Crippen molar-refractivity contribution in [1.82, 2.24) is 0 Å². The molecule has 0 bridgehead atoms. The van der Waals surface area contributed by atoms with Crippen molar-refractivity contribution in [1.29, 1.82) is 0 Å². The molecule has 1 heterocycles. The van der Waals surface area contributed by atoms with E-state index in [1.54, 1.807) is 19.2 Å². The standard InChI is InChI=1S/C12H13FN2O/c1-3-6-12(14)9-7-8(13)4-5-10(9)15(2)11(12)16/h3-5,7H,1,6,14H2,2H3/t12-/m1/s1. The fourth-order valence-corrected chi connectivity index (χ4v) is 2.11. The first-order chi connectivity index (χ1) is 7.50. The van der Waals surface area contributed by atoms with Crippen LogP contribution >= 0.6 is 0 Å². The third kappa shape index (κ3) is 1.27. The van der Waals surface area contributed by atoms with Crippen molar-refractivity contribution in [3.8, 4) is 0 Å². The maximum Gasteiger partial charge on any atom is 0.251 e. The summed E-state index contributed by atoms with van der Waals surface area (Å²) in [4.78, 5) is 13.5. The van der Waals surface area contributed by atoms with E-state index in [2.05, 4.69) is 6.58 Å². The van der Waals surface area contributed by atoms with Crippen LogP contribution in [0.4, 0.5) is 10.1 Å². The van der Waals surface area contributed by atoms with Crippen molar-refractivity contribution >= 4 is 11.6 Å². The molecule has 0 aromatic heterocycles. The Kier molecular flexibility index (Phi) is 2.31. The molecule has 1 aliphatic rings. The van der Waals surface area contributed by atoms with E-state index in [1.807, 2.05) is 0 Å². The first-order valence-corrected chi connectivity index (χ1v) is 4.98. The average Bonchev–Trinajstić information content (AvgIpc) is 2.42. The number of anilines is 1. The number of carbonyl (C=O) groups is 1. The zero-order valence-corrected chi connectivity index (χ0v) is 9.03. The molecule has 0 radical (unpaired) electrons. The molecular weight excluding hydrogens is 207 g/mol. The van der Waals surface area contributed by atoms with E-state index in [1.165, 1.54) is 17.0 Å². The van der Waals surface area contributed by atoms with Crippen molar-refractivity contribution in [2.75, 3.05) is 11.9 Å². The number of rotatable bonds is 2. The van der Waals surface area contributed by atoms with Crippen molar-refractivity contribution in [3.63, 3.8) is 0 Å². The van der Waals surface area contributed by atoms with Crippen LogP contribution in [0, 0.1) is 5.82 Å². The van der Waals surface area contributed by atoms with Gasteiger partial charge in [-0.2, -0.15) is 0 Å². The fraction of sp³-hybridized carbons (Fsp3) is 0.250. The van der Waals surface area contributed by atoms with Crippen LogP contribution in [0.25, 0.3) is 0 Å². The summed E-state index contributed by atoms with van der Waals surface area (Å²) >= 11 is 0. The highest BCUT2D eigenvalue weighted by Crippen LogP contribution is 2.40. The molecule has 84 valence electrons. The van der Waals surface area contributed by atoms with Gasteiger partial charge in [-0.25, -0.2) is 4.39 Å². The summed E-state index contributed by atoms with van der Waals surface area (Å²) in [5, 5.41) is 0. The molecule has 2 N–H and O–H groups in total. The van der Waals surface area contributed by atoms with Gasteiger partial charge in [0.2, 0.25) is 0 Å². The Labute approximate surface area is 93.4 Å². The van der Waals surface area contributed by atoms with Gasteiger partial charge in [-0.3, -0.25) is 4.79 Å². The summed E-state index contributed by atoms with van der Waals surface area (Å²) < 4.78 is 13.2. The van der Waals surface area contributed by atoms with E-state index in [4.69, 9.17) is 5.73 Å². The van der Waals surface area contributed by atoms with E-state index in [0.29, 0.717) is 17.7 Å². The Hall–Kier alpha value is -1.68. The Morgan fingerprint density at radius 2 is 2.31 bits per heavy atom. The number of amides is 1. The van der Waals surface area contributed by atoms with Crippen molar-refractivity contribution in [2.45, 2.75) is 12.0 Å². The number of benzene rings is 1. The minimum Gasteiger partial charge on any atom is -0.313 e. The second-order valence-electron chi connectivity index (χ2n) is 3.99. The maximum atomic E-state index is 13.2. The number of hydrogen-bond donors (Lipinski definition) is 1. The van der Waals surface area contributed by atoms with Gasteiger partial charge in [0.1, 0.15) is 11.4 Å². The summed E-state index contributed by atoms with van der Waals surface area (Å²) in [6.45, 7) is 3.58. The van der Waals surface area contributed by atoms with Crippen molar-refractivity contribution in [2.24, 2.45) is 5.73 Å². The minimum absolute atomic E-state index is 0.229. The van der Waals surface area contributed by atoms with Crippen LogP contribution in [0.5, 0.6) is 0 Å². The summed E-state index contributed by atoms with van der Waals surface area (Å²) in [7, 11) is 1.64. The molecule has 1 amide bonds. The van der Waals surface area contributed by atoms with Gasteiger partial charge < -0.3 is 10.6 Å². The van der Waals surface area contributed by atoms with Crippen LogP contribution < -0.4 is 10.6 Å². The number of hydrogen-bond acceptors (Lipinski definition) is 2. The second kappa shape index (κ2) is 3.42. The molecule has 1 aliphatic heterocycles. The van der Waals surface area contributed by atoms with Gasteiger partial charge in [-0.05, 0) is 24.6 Å². The Morgan fingerprint density at radius 1 is 1.62 bits per heavy atom. The van der Waals surface area contributed by atoms with E-state index >= 15 is 0 Å². The summed E-state index contributed by atoms with van der Waals surface area (Å²) in [5.74, 6) is -0.617. The highest BCUT2D eigenvalue weighted by molar-refractivity contribution is 6.07. The fourth-order valence-electron chi connectivity index (χ4n) is 2.11. The molecule has 1 aromatic carbocycles. The van der Waals surface area contributed by atoms with Gasteiger partial charge in [0.05, 0.1) is 0 Å². The van der Waals surface area contributed by atoms with Crippen LogP contribution in [0.2, 0.25) is 0 Å².